The van der Waals surface area contributed by atoms with E-state index in [1.54, 1.807) is 0 Å². The molecule has 1 saturated heterocycles. The van der Waals surface area contributed by atoms with E-state index in [1.165, 1.54) is 6.42 Å². The number of hydrogen-bond acceptors (Lipinski definition) is 3. The molecule has 1 fully saturated rings. The highest BCUT2D eigenvalue weighted by Gasteiger charge is 2.33. The Hall–Kier alpha value is -0.610. The molecule has 4 unspecified atom stereocenters. The number of nitrogens with zero attached hydrogens (tertiary/aromatic N) is 1. The van der Waals surface area contributed by atoms with Gasteiger partial charge in [0, 0.05) is 19.1 Å². The van der Waals surface area contributed by atoms with Crippen LogP contribution in [0.2, 0.25) is 0 Å². The summed E-state index contributed by atoms with van der Waals surface area (Å²) in [6.45, 7) is 13.9. The van der Waals surface area contributed by atoms with Crippen molar-refractivity contribution >= 4 is 5.91 Å². The number of likely N-dealkylation sites (tertiary alicyclic amines) is 1. The van der Waals surface area contributed by atoms with Crippen LogP contribution in [0.5, 0.6) is 0 Å². The number of piperidine rings is 1. The summed E-state index contributed by atoms with van der Waals surface area (Å²) in [4.78, 5) is 14.3. The molecule has 0 saturated carbocycles. The quantitative estimate of drug-likeness (QED) is 0.751. The van der Waals surface area contributed by atoms with Gasteiger partial charge in [0.15, 0.2) is 0 Å². The number of primary amides is 1. The molecule has 0 spiro atoms. The molecule has 0 aromatic rings. The van der Waals surface area contributed by atoms with Gasteiger partial charge >= 0.3 is 0 Å². The fourth-order valence-corrected chi connectivity index (χ4v) is 3.19. The molecule has 1 aliphatic heterocycles. The molecule has 1 heterocycles. The van der Waals surface area contributed by atoms with Crippen molar-refractivity contribution in [2.45, 2.75) is 65.5 Å². The van der Waals surface area contributed by atoms with Crippen LogP contribution in [0.15, 0.2) is 0 Å². The van der Waals surface area contributed by atoms with Crippen LogP contribution >= 0.6 is 0 Å². The number of carbonyl (C=O) groups is 1. The molecular formula is C16H33N3O. The number of nitrogens with two attached hydrogens (primary N) is 1. The van der Waals surface area contributed by atoms with Crippen molar-refractivity contribution in [2.24, 2.45) is 17.6 Å². The number of rotatable bonds is 7. The SMILES string of the molecule is CCCNC(C)(CCN1CC(C)CC(C)C1C)C(N)=O. The lowest BCUT2D eigenvalue weighted by molar-refractivity contribution is -0.124. The first-order valence-corrected chi connectivity index (χ1v) is 8.09. The van der Waals surface area contributed by atoms with Gasteiger partial charge in [-0.1, -0.05) is 20.8 Å². The highest BCUT2D eigenvalue weighted by Crippen LogP contribution is 2.27. The molecule has 0 radical (unpaired) electrons. The van der Waals surface area contributed by atoms with Gasteiger partial charge in [-0.25, -0.2) is 0 Å². The van der Waals surface area contributed by atoms with Crippen LogP contribution in [-0.4, -0.2) is 42.0 Å². The van der Waals surface area contributed by atoms with Gasteiger partial charge < -0.3 is 16.0 Å². The zero-order valence-electron chi connectivity index (χ0n) is 13.9. The van der Waals surface area contributed by atoms with Crippen LogP contribution in [0.4, 0.5) is 0 Å². The Morgan fingerprint density at radius 1 is 1.40 bits per heavy atom. The largest absolute Gasteiger partial charge is 0.368 e. The molecule has 20 heavy (non-hydrogen) atoms. The zero-order chi connectivity index (χ0) is 15.3. The molecule has 0 bridgehead atoms. The predicted octanol–water partition coefficient (Wildman–Crippen LogP) is 1.99. The molecule has 1 aliphatic rings. The molecule has 118 valence electrons. The molecule has 0 aromatic heterocycles. The lowest BCUT2D eigenvalue weighted by Crippen LogP contribution is -2.56. The molecule has 0 aromatic carbocycles. The first-order chi connectivity index (χ1) is 9.30. The molecule has 3 N–H and O–H groups in total. The van der Waals surface area contributed by atoms with Crippen LogP contribution in [0.25, 0.3) is 0 Å². The highest BCUT2D eigenvalue weighted by molar-refractivity contribution is 5.84. The van der Waals surface area contributed by atoms with Gasteiger partial charge in [-0.3, -0.25) is 4.79 Å². The lowest BCUT2D eigenvalue weighted by atomic mass is 9.85. The van der Waals surface area contributed by atoms with E-state index in [2.05, 4.69) is 37.9 Å². The summed E-state index contributed by atoms with van der Waals surface area (Å²) in [5.41, 5.74) is 5.01. The van der Waals surface area contributed by atoms with Crippen LogP contribution in [0.1, 0.15) is 53.9 Å². The van der Waals surface area contributed by atoms with Crippen LogP contribution < -0.4 is 11.1 Å². The van der Waals surface area contributed by atoms with Crippen molar-refractivity contribution < 1.29 is 4.79 Å². The Kier molecular flexibility index (Phi) is 6.46. The molecule has 0 aliphatic carbocycles. The normalized spacial score (nSPS) is 30.9. The Bertz CT molecular complexity index is 321. The van der Waals surface area contributed by atoms with Gasteiger partial charge in [0.1, 0.15) is 0 Å². The van der Waals surface area contributed by atoms with E-state index >= 15 is 0 Å². The van der Waals surface area contributed by atoms with Gasteiger partial charge in [0.25, 0.3) is 0 Å². The fraction of sp³-hybridized carbons (Fsp3) is 0.938. The van der Waals surface area contributed by atoms with Crippen LogP contribution in [0, 0.1) is 11.8 Å². The van der Waals surface area contributed by atoms with Gasteiger partial charge in [-0.15, -0.1) is 0 Å². The Balaban J connectivity index is 2.60. The maximum absolute atomic E-state index is 11.8. The van der Waals surface area contributed by atoms with Crippen LogP contribution in [-0.2, 0) is 4.79 Å². The van der Waals surface area contributed by atoms with Gasteiger partial charge in [-0.2, -0.15) is 0 Å². The smallest absolute Gasteiger partial charge is 0.237 e. The molecule has 4 heteroatoms. The second-order valence-corrected chi connectivity index (χ2v) is 6.93. The summed E-state index contributed by atoms with van der Waals surface area (Å²) in [6.07, 6.45) is 3.10. The van der Waals surface area contributed by atoms with Crippen molar-refractivity contribution in [2.75, 3.05) is 19.6 Å². The highest BCUT2D eigenvalue weighted by atomic mass is 16.1. The Morgan fingerprint density at radius 2 is 2.05 bits per heavy atom. The van der Waals surface area contributed by atoms with Crippen molar-refractivity contribution in [1.29, 1.82) is 0 Å². The van der Waals surface area contributed by atoms with E-state index in [-0.39, 0.29) is 5.91 Å². The molecule has 1 rings (SSSR count). The summed E-state index contributed by atoms with van der Waals surface area (Å²) in [6, 6.07) is 0.592. The van der Waals surface area contributed by atoms with Crippen molar-refractivity contribution in [1.82, 2.24) is 10.2 Å². The monoisotopic (exact) mass is 283 g/mol. The average Bonchev–Trinajstić information content (AvgIpc) is 2.38. The summed E-state index contributed by atoms with van der Waals surface area (Å²) in [7, 11) is 0. The number of carbonyl (C=O) groups excluding carboxylic acids is 1. The molecule has 4 atom stereocenters. The van der Waals surface area contributed by atoms with E-state index in [0.717, 1.165) is 44.3 Å². The number of hydrogen-bond donors (Lipinski definition) is 2. The van der Waals surface area contributed by atoms with Crippen molar-refractivity contribution in [3.8, 4) is 0 Å². The summed E-state index contributed by atoms with van der Waals surface area (Å²) in [5, 5.41) is 3.32. The lowest BCUT2D eigenvalue weighted by Gasteiger charge is -2.42. The van der Waals surface area contributed by atoms with E-state index in [1.807, 2.05) is 6.92 Å². The van der Waals surface area contributed by atoms with Crippen molar-refractivity contribution in [3.05, 3.63) is 0 Å². The first kappa shape index (κ1) is 17.4. The number of nitrogens with one attached hydrogen (secondary N) is 1. The Morgan fingerprint density at radius 3 is 2.60 bits per heavy atom. The van der Waals surface area contributed by atoms with E-state index in [9.17, 15) is 4.79 Å². The van der Waals surface area contributed by atoms with Gasteiger partial charge in [-0.05, 0) is 51.5 Å². The maximum atomic E-state index is 11.8. The van der Waals surface area contributed by atoms with E-state index in [4.69, 9.17) is 5.73 Å². The third kappa shape index (κ3) is 4.45. The Labute approximate surface area is 124 Å². The van der Waals surface area contributed by atoms with Crippen molar-refractivity contribution in [3.63, 3.8) is 0 Å². The topological polar surface area (TPSA) is 58.4 Å². The second-order valence-electron chi connectivity index (χ2n) is 6.93. The molecule has 1 amide bonds. The summed E-state index contributed by atoms with van der Waals surface area (Å²) >= 11 is 0. The third-order valence-corrected chi connectivity index (χ3v) is 4.93. The van der Waals surface area contributed by atoms with Gasteiger partial charge in [0.2, 0.25) is 5.91 Å². The minimum atomic E-state index is -0.584. The maximum Gasteiger partial charge on any atom is 0.237 e. The second kappa shape index (κ2) is 7.41. The first-order valence-electron chi connectivity index (χ1n) is 8.09. The van der Waals surface area contributed by atoms with Gasteiger partial charge in [0.05, 0.1) is 5.54 Å². The number of amides is 1. The van der Waals surface area contributed by atoms with Crippen LogP contribution in [0.3, 0.4) is 0 Å². The zero-order valence-corrected chi connectivity index (χ0v) is 13.9. The minimum absolute atomic E-state index is 0.239. The summed E-state index contributed by atoms with van der Waals surface area (Å²) in [5.74, 6) is 1.23. The molecular weight excluding hydrogens is 250 g/mol. The predicted molar refractivity (Wildman–Crippen MR) is 84.5 cm³/mol. The van der Waals surface area contributed by atoms with E-state index in [0.29, 0.717) is 6.04 Å². The standard InChI is InChI=1S/C16H33N3O/c1-6-8-18-16(5,15(17)20)7-9-19-11-12(2)10-13(3)14(19)4/h12-14,18H,6-11H2,1-5H3,(H2,17,20). The molecule has 4 nitrogen and oxygen atoms in total. The third-order valence-electron chi connectivity index (χ3n) is 4.93. The summed E-state index contributed by atoms with van der Waals surface area (Å²) < 4.78 is 0. The minimum Gasteiger partial charge on any atom is -0.368 e. The average molecular weight is 283 g/mol. The fourth-order valence-electron chi connectivity index (χ4n) is 3.19. The van der Waals surface area contributed by atoms with E-state index < -0.39 is 5.54 Å².